The van der Waals surface area contributed by atoms with Crippen molar-refractivity contribution in [3.8, 4) is 0 Å². The van der Waals surface area contributed by atoms with Gasteiger partial charge >= 0.3 is 0 Å². The summed E-state index contributed by atoms with van der Waals surface area (Å²) >= 11 is 0. The number of ether oxygens (including phenoxy) is 1. The van der Waals surface area contributed by atoms with E-state index in [0.29, 0.717) is 30.7 Å². The SMILES string of the molecule is Cc1noc(CCCC(=O)N2CCCN(C[C@@H]3CCCO3)CC2)n1. The van der Waals surface area contributed by atoms with E-state index in [1.54, 1.807) is 6.92 Å². The van der Waals surface area contributed by atoms with E-state index in [4.69, 9.17) is 9.26 Å². The van der Waals surface area contributed by atoms with Crippen molar-refractivity contribution in [1.29, 1.82) is 0 Å². The molecule has 3 heterocycles. The minimum absolute atomic E-state index is 0.241. The van der Waals surface area contributed by atoms with E-state index >= 15 is 0 Å². The number of hydrogen-bond acceptors (Lipinski definition) is 6. The molecule has 0 saturated carbocycles. The topological polar surface area (TPSA) is 71.7 Å². The molecule has 2 saturated heterocycles. The number of rotatable bonds is 6. The lowest BCUT2D eigenvalue weighted by Crippen LogP contribution is -2.37. The van der Waals surface area contributed by atoms with Gasteiger partial charge in [-0.1, -0.05) is 5.16 Å². The van der Waals surface area contributed by atoms with E-state index in [1.165, 1.54) is 12.8 Å². The first-order valence-electron chi connectivity index (χ1n) is 9.11. The van der Waals surface area contributed by atoms with Crippen molar-refractivity contribution in [2.45, 2.75) is 51.6 Å². The van der Waals surface area contributed by atoms with Gasteiger partial charge in [0.25, 0.3) is 0 Å². The zero-order valence-electron chi connectivity index (χ0n) is 14.6. The molecular weight excluding hydrogens is 308 g/mol. The second-order valence-corrected chi connectivity index (χ2v) is 6.76. The average Bonchev–Trinajstić information content (AvgIpc) is 3.15. The Morgan fingerprint density at radius 2 is 2.17 bits per heavy atom. The predicted octanol–water partition coefficient (Wildman–Crippen LogP) is 1.41. The van der Waals surface area contributed by atoms with Gasteiger partial charge in [-0.05, 0) is 39.2 Å². The normalized spacial score (nSPS) is 22.7. The summed E-state index contributed by atoms with van der Waals surface area (Å²) in [7, 11) is 0. The molecule has 2 fully saturated rings. The quantitative estimate of drug-likeness (QED) is 0.782. The van der Waals surface area contributed by atoms with Gasteiger partial charge in [-0.2, -0.15) is 4.98 Å². The highest BCUT2D eigenvalue weighted by atomic mass is 16.5. The molecule has 2 aliphatic rings. The highest BCUT2D eigenvalue weighted by Gasteiger charge is 2.23. The minimum atomic E-state index is 0.241. The van der Waals surface area contributed by atoms with Gasteiger partial charge in [-0.3, -0.25) is 9.69 Å². The average molecular weight is 336 g/mol. The van der Waals surface area contributed by atoms with E-state index < -0.39 is 0 Å². The van der Waals surface area contributed by atoms with Gasteiger partial charge in [0.05, 0.1) is 6.10 Å². The van der Waals surface area contributed by atoms with Gasteiger partial charge in [-0.15, -0.1) is 0 Å². The lowest BCUT2D eigenvalue weighted by molar-refractivity contribution is -0.131. The highest BCUT2D eigenvalue weighted by Crippen LogP contribution is 2.15. The van der Waals surface area contributed by atoms with Crippen LogP contribution in [-0.2, 0) is 16.0 Å². The molecule has 0 aromatic carbocycles. The van der Waals surface area contributed by atoms with E-state index in [-0.39, 0.29) is 5.91 Å². The van der Waals surface area contributed by atoms with E-state index in [2.05, 4.69) is 15.0 Å². The molecule has 0 bridgehead atoms. The van der Waals surface area contributed by atoms with Crippen LogP contribution in [0.1, 0.15) is 43.8 Å². The number of hydrogen-bond donors (Lipinski definition) is 0. The molecule has 2 aliphatic heterocycles. The van der Waals surface area contributed by atoms with Crippen LogP contribution in [0.15, 0.2) is 4.52 Å². The third-order valence-corrected chi connectivity index (χ3v) is 4.78. The Kier molecular flexibility index (Phi) is 6.20. The van der Waals surface area contributed by atoms with Crippen LogP contribution in [0.3, 0.4) is 0 Å². The Morgan fingerprint density at radius 3 is 2.92 bits per heavy atom. The fourth-order valence-electron chi connectivity index (χ4n) is 3.47. The summed E-state index contributed by atoms with van der Waals surface area (Å²) in [6.07, 6.45) is 5.78. The lowest BCUT2D eigenvalue weighted by atomic mass is 10.2. The predicted molar refractivity (Wildman–Crippen MR) is 88.6 cm³/mol. The molecule has 0 N–H and O–H groups in total. The zero-order valence-corrected chi connectivity index (χ0v) is 14.6. The smallest absolute Gasteiger partial charge is 0.226 e. The number of aromatic nitrogens is 2. The van der Waals surface area contributed by atoms with Gasteiger partial charge in [0.15, 0.2) is 5.82 Å². The molecule has 0 spiro atoms. The van der Waals surface area contributed by atoms with Gasteiger partial charge < -0.3 is 14.2 Å². The van der Waals surface area contributed by atoms with Crippen LogP contribution < -0.4 is 0 Å². The van der Waals surface area contributed by atoms with Gasteiger partial charge in [-0.25, -0.2) is 0 Å². The van der Waals surface area contributed by atoms with E-state index in [9.17, 15) is 4.79 Å². The summed E-state index contributed by atoms with van der Waals surface area (Å²) in [4.78, 5) is 21.0. The number of nitrogens with zero attached hydrogens (tertiary/aromatic N) is 4. The van der Waals surface area contributed by atoms with E-state index in [1.807, 2.05) is 4.90 Å². The largest absolute Gasteiger partial charge is 0.377 e. The number of carbonyl (C=O) groups is 1. The van der Waals surface area contributed by atoms with Gasteiger partial charge in [0, 0.05) is 45.6 Å². The Morgan fingerprint density at radius 1 is 1.25 bits per heavy atom. The Hall–Kier alpha value is -1.47. The van der Waals surface area contributed by atoms with Crippen LogP contribution in [0.5, 0.6) is 0 Å². The maximum absolute atomic E-state index is 12.4. The maximum Gasteiger partial charge on any atom is 0.226 e. The molecule has 134 valence electrons. The van der Waals surface area contributed by atoms with Crippen molar-refractivity contribution in [3.63, 3.8) is 0 Å². The maximum atomic E-state index is 12.4. The van der Waals surface area contributed by atoms with Crippen molar-refractivity contribution in [1.82, 2.24) is 19.9 Å². The third kappa shape index (κ3) is 5.01. The molecule has 3 rings (SSSR count). The van der Waals surface area contributed by atoms with Crippen molar-refractivity contribution >= 4 is 5.91 Å². The number of amides is 1. The van der Waals surface area contributed by atoms with Crippen molar-refractivity contribution < 1.29 is 14.1 Å². The molecule has 1 aromatic rings. The lowest BCUT2D eigenvalue weighted by Gasteiger charge is -2.24. The highest BCUT2D eigenvalue weighted by molar-refractivity contribution is 5.76. The molecule has 0 unspecified atom stereocenters. The van der Waals surface area contributed by atoms with Gasteiger partial charge in [0.1, 0.15) is 0 Å². The number of aryl methyl sites for hydroxylation is 2. The summed E-state index contributed by atoms with van der Waals surface area (Å²) in [5.41, 5.74) is 0. The fourth-order valence-corrected chi connectivity index (χ4v) is 3.47. The van der Waals surface area contributed by atoms with Crippen LogP contribution >= 0.6 is 0 Å². The summed E-state index contributed by atoms with van der Waals surface area (Å²) in [5, 5.41) is 3.77. The third-order valence-electron chi connectivity index (χ3n) is 4.78. The zero-order chi connectivity index (χ0) is 16.8. The summed E-state index contributed by atoms with van der Waals surface area (Å²) in [6, 6.07) is 0. The van der Waals surface area contributed by atoms with Crippen molar-refractivity contribution in [2.75, 3.05) is 39.3 Å². The molecule has 24 heavy (non-hydrogen) atoms. The van der Waals surface area contributed by atoms with Gasteiger partial charge in [0.2, 0.25) is 11.8 Å². The van der Waals surface area contributed by atoms with E-state index in [0.717, 1.165) is 52.2 Å². The molecule has 0 radical (unpaired) electrons. The summed E-state index contributed by atoms with van der Waals surface area (Å²) in [5.74, 6) is 1.51. The Balaban J connectivity index is 1.37. The first-order valence-corrected chi connectivity index (χ1v) is 9.11. The molecule has 1 atom stereocenters. The monoisotopic (exact) mass is 336 g/mol. The van der Waals surface area contributed by atoms with Crippen LogP contribution in [-0.4, -0.2) is 71.3 Å². The molecular formula is C17H28N4O3. The molecule has 0 aliphatic carbocycles. The number of carbonyl (C=O) groups excluding carboxylic acids is 1. The van der Waals surface area contributed by atoms with Crippen molar-refractivity contribution in [3.05, 3.63) is 11.7 Å². The second-order valence-electron chi connectivity index (χ2n) is 6.76. The van der Waals surface area contributed by atoms with Crippen LogP contribution in [0.2, 0.25) is 0 Å². The minimum Gasteiger partial charge on any atom is -0.377 e. The summed E-state index contributed by atoms with van der Waals surface area (Å²) in [6.45, 7) is 7.42. The molecule has 1 amide bonds. The standard InChI is InChI=1S/C17H28N4O3/c1-14-18-16(24-19-14)6-2-7-17(22)21-9-4-8-20(10-11-21)13-15-5-3-12-23-15/h15H,2-13H2,1H3/t15-/m0/s1. The first-order chi connectivity index (χ1) is 11.7. The van der Waals surface area contributed by atoms with Crippen molar-refractivity contribution in [2.24, 2.45) is 0 Å². The Labute approximate surface area is 143 Å². The molecule has 1 aromatic heterocycles. The second kappa shape index (κ2) is 8.58. The molecule has 7 nitrogen and oxygen atoms in total. The van der Waals surface area contributed by atoms with Crippen LogP contribution in [0, 0.1) is 6.92 Å². The molecule has 7 heteroatoms. The van der Waals surface area contributed by atoms with Crippen LogP contribution in [0.4, 0.5) is 0 Å². The Bertz CT molecular complexity index is 528. The van der Waals surface area contributed by atoms with Crippen LogP contribution in [0.25, 0.3) is 0 Å². The first kappa shape index (κ1) is 17.4. The fraction of sp³-hybridized carbons (Fsp3) is 0.824. The summed E-state index contributed by atoms with van der Waals surface area (Å²) < 4.78 is 10.8.